The lowest BCUT2D eigenvalue weighted by atomic mass is 10.1. The molecule has 0 bridgehead atoms. The van der Waals surface area contributed by atoms with Gasteiger partial charge in [-0.2, -0.15) is 13.2 Å². The Morgan fingerprint density at radius 2 is 1.81 bits per heavy atom. The molecule has 8 heteroatoms. The molecule has 0 unspecified atom stereocenters. The molecule has 0 atom stereocenters. The summed E-state index contributed by atoms with van der Waals surface area (Å²) in [6.07, 6.45) is -0.683. The minimum atomic E-state index is -4.51. The van der Waals surface area contributed by atoms with Gasteiger partial charge >= 0.3 is 6.18 Å². The van der Waals surface area contributed by atoms with E-state index in [1.807, 2.05) is 0 Å². The van der Waals surface area contributed by atoms with E-state index in [1.165, 1.54) is 18.3 Å². The number of halogens is 4. The number of hydrogen-bond acceptors (Lipinski definition) is 3. The van der Waals surface area contributed by atoms with Crippen molar-refractivity contribution < 1.29 is 18.0 Å². The van der Waals surface area contributed by atoms with Crippen molar-refractivity contribution in [1.82, 2.24) is 9.97 Å². The fraction of sp³-hybridized carbons (Fsp3) is 0.0556. The van der Waals surface area contributed by atoms with Crippen LogP contribution in [0, 0.1) is 0 Å². The molecule has 1 N–H and O–H groups in total. The summed E-state index contributed by atoms with van der Waals surface area (Å²) in [4.78, 5) is 19.9. The van der Waals surface area contributed by atoms with Gasteiger partial charge in [0, 0.05) is 23.5 Å². The maximum atomic E-state index is 12.7. The minimum Gasteiger partial charge on any atom is -0.321 e. The predicted molar refractivity (Wildman–Crippen MR) is 91.9 cm³/mol. The van der Waals surface area contributed by atoms with E-state index in [4.69, 9.17) is 11.6 Å². The number of anilines is 1. The van der Waals surface area contributed by atoms with Crippen molar-refractivity contribution in [2.45, 2.75) is 6.18 Å². The number of hydrogen-bond donors (Lipinski definition) is 1. The highest BCUT2D eigenvalue weighted by molar-refractivity contribution is 6.33. The van der Waals surface area contributed by atoms with Crippen LogP contribution in [0.3, 0.4) is 0 Å². The summed E-state index contributed by atoms with van der Waals surface area (Å²) in [6, 6.07) is 10.4. The number of nitrogens with one attached hydrogen (secondary N) is 1. The maximum Gasteiger partial charge on any atom is 0.417 e. The Morgan fingerprint density at radius 3 is 2.38 bits per heavy atom. The number of nitrogens with zero attached hydrogens (tertiary/aromatic N) is 2. The summed E-state index contributed by atoms with van der Waals surface area (Å²) >= 11 is 5.93. The average Bonchev–Trinajstić information content (AvgIpc) is 2.62. The number of aromatic nitrogens is 2. The van der Waals surface area contributed by atoms with Crippen LogP contribution in [0.15, 0.2) is 61.1 Å². The van der Waals surface area contributed by atoms with Gasteiger partial charge in [-0.25, -0.2) is 0 Å². The zero-order valence-corrected chi connectivity index (χ0v) is 13.8. The first-order valence-corrected chi connectivity index (χ1v) is 7.77. The summed E-state index contributed by atoms with van der Waals surface area (Å²) in [5.74, 6) is -0.337. The topological polar surface area (TPSA) is 54.9 Å². The molecule has 3 aromatic rings. The molecule has 26 heavy (non-hydrogen) atoms. The molecule has 4 nitrogen and oxygen atoms in total. The molecule has 0 saturated carbocycles. The normalized spacial score (nSPS) is 11.2. The second kappa shape index (κ2) is 7.13. The lowest BCUT2D eigenvalue weighted by molar-refractivity contribution is -0.137. The Morgan fingerprint density at radius 1 is 1.08 bits per heavy atom. The number of pyridine rings is 2. The van der Waals surface area contributed by atoms with E-state index in [2.05, 4.69) is 15.3 Å². The van der Waals surface area contributed by atoms with Crippen molar-refractivity contribution >= 4 is 23.2 Å². The van der Waals surface area contributed by atoms with E-state index in [1.54, 1.807) is 30.5 Å². The second-order valence-corrected chi connectivity index (χ2v) is 5.73. The Labute approximate surface area is 151 Å². The number of carbonyl (C=O) groups is 1. The highest BCUT2D eigenvalue weighted by atomic mass is 35.5. The standard InChI is InChI=1S/C18H11ClF3N3O/c19-15-8-13(18(20,21)22)9-24-16(15)11-3-5-12(6-4-11)17(26)25-14-2-1-7-23-10-14/h1-10H,(H,25,26). The zero-order valence-electron chi connectivity index (χ0n) is 13.1. The second-order valence-electron chi connectivity index (χ2n) is 5.33. The molecule has 0 saturated heterocycles. The number of alkyl halides is 3. The van der Waals surface area contributed by atoms with Gasteiger partial charge in [-0.15, -0.1) is 0 Å². The molecular weight excluding hydrogens is 367 g/mol. The summed E-state index contributed by atoms with van der Waals surface area (Å²) in [7, 11) is 0. The van der Waals surface area contributed by atoms with E-state index in [0.29, 0.717) is 16.8 Å². The Balaban J connectivity index is 1.80. The van der Waals surface area contributed by atoms with Crippen LogP contribution < -0.4 is 5.32 Å². The van der Waals surface area contributed by atoms with Gasteiger partial charge in [0.25, 0.3) is 5.91 Å². The van der Waals surface area contributed by atoms with E-state index in [-0.39, 0.29) is 16.6 Å². The van der Waals surface area contributed by atoms with Crippen molar-refractivity contribution in [3.05, 3.63) is 77.2 Å². The largest absolute Gasteiger partial charge is 0.417 e. The maximum absolute atomic E-state index is 12.7. The molecule has 1 amide bonds. The molecule has 0 radical (unpaired) electrons. The van der Waals surface area contributed by atoms with Gasteiger partial charge in [-0.1, -0.05) is 23.7 Å². The summed E-state index contributed by atoms with van der Waals surface area (Å²) in [5, 5.41) is 2.57. The first-order chi connectivity index (χ1) is 12.3. The van der Waals surface area contributed by atoms with Crippen LogP contribution in [0.1, 0.15) is 15.9 Å². The fourth-order valence-corrected chi connectivity index (χ4v) is 2.50. The van der Waals surface area contributed by atoms with Crippen molar-refractivity contribution in [2.75, 3.05) is 5.32 Å². The van der Waals surface area contributed by atoms with Crippen molar-refractivity contribution in [1.29, 1.82) is 0 Å². The molecular formula is C18H11ClF3N3O. The molecule has 2 heterocycles. The SMILES string of the molecule is O=C(Nc1cccnc1)c1ccc(-c2ncc(C(F)(F)F)cc2Cl)cc1. The quantitative estimate of drug-likeness (QED) is 0.693. The highest BCUT2D eigenvalue weighted by Gasteiger charge is 2.31. The van der Waals surface area contributed by atoms with E-state index < -0.39 is 11.7 Å². The number of benzene rings is 1. The van der Waals surface area contributed by atoms with Crippen LogP contribution >= 0.6 is 11.6 Å². The fourth-order valence-electron chi connectivity index (χ4n) is 2.22. The Bertz CT molecular complexity index is 929. The summed E-state index contributed by atoms with van der Waals surface area (Å²) in [5.41, 5.74) is 0.717. The third-order valence-electron chi connectivity index (χ3n) is 3.51. The third-order valence-corrected chi connectivity index (χ3v) is 3.80. The lowest BCUT2D eigenvalue weighted by Gasteiger charge is -2.10. The van der Waals surface area contributed by atoms with Gasteiger partial charge in [0.05, 0.1) is 28.2 Å². The van der Waals surface area contributed by atoms with Gasteiger partial charge in [-0.3, -0.25) is 14.8 Å². The molecule has 0 fully saturated rings. The minimum absolute atomic E-state index is 0.118. The number of rotatable bonds is 3. The lowest BCUT2D eigenvalue weighted by Crippen LogP contribution is -2.11. The van der Waals surface area contributed by atoms with E-state index >= 15 is 0 Å². The van der Waals surface area contributed by atoms with Crippen LogP contribution in [0.5, 0.6) is 0 Å². The van der Waals surface area contributed by atoms with Gasteiger partial charge in [-0.05, 0) is 30.3 Å². The highest BCUT2D eigenvalue weighted by Crippen LogP contribution is 2.34. The molecule has 0 aliphatic heterocycles. The summed E-state index contributed by atoms with van der Waals surface area (Å²) < 4.78 is 38.0. The van der Waals surface area contributed by atoms with Crippen LogP contribution in [0.4, 0.5) is 18.9 Å². The van der Waals surface area contributed by atoms with Crippen molar-refractivity contribution in [3.63, 3.8) is 0 Å². The van der Waals surface area contributed by atoms with Gasteiger partial charge in [0.2, 0.25) is 0 Å². The van der Waals surface area contributed by atoms with Gasteiger partial charge in [0.1, 0.15) is 0 Å². The molecule has 1 aromatic carbocycles. The van der Waals surface area contributed by atoms with Crippen LogP contribution in [-0.4, -0.2) is 15.9 Å². The van der Waals surface area contributed by atoms with Crippen molar-refractivity contribution in [3.8, 4) is 11.3 Å². The van der Waals surface area contributed by atoms with Crippen LogP contribution in [-0.2, 0) is 6.18 Å². The smallest absolute Gasteiger partial charge is 0.321 e. The number of carbonyl (C=O) groups excluding carboxylic acids is 1. The monoisotopic (exact) mass is 377 g/mol. The summed E-state index contributed by atoms with van der Waals surface area (Å²) in [6.45, 7) is 0. The molecule has 0 spiro atoms. The van der Waals surface area contributed by atoms with Crippen LogP contribution in [0.2, 0.25) is 5.02 Å². The first-order valence-electron chi connectivity index (χ1n) is 7.39. The molecule has 2 aromatic heterocycles. The molecule has 3 rings (SSSR count). The third kappa shape index (κ3) is 4.00. The zero-order chi connectivity index (χ0) is 18.7. The van der Waals surface area contributed by atoms with E-state index in [9.17, 15) is 18.0 Å². The molecule has 132 valence electrons. The predicted octanol–water partition coefficient (Wildman–Crippen LogP) is 5.07. The first kappa shape index (κ1) is 17.9. The average molecular weight is 378 g/mol. The Hall–Kier alpha value is -2.93. The van der Waals surface area contributed by atoms with Gasteiger partial charge < -0.3 is 5.32 Å². The number of amides is 1. The molecule has 0 aliphatic carbocycles. The van der Waals surface area contributed by atoms with Crippen molar-refractivity contribution in [2.24, 2.45) is 0 Å². The Kier molecular flexibility index (Phi) is 4.90. The van der Waals surface area contributed by atoms with E-state index in [0.717, 1.165) is 12.3 Å². The van der Waals surface area contributed by atoms with Gasteiger partial charge in [0.15, 0.2) is 0 Å². The molecule has 0 aliphatic rings. The van der Waals surface area contributed by atoms with Crippen LogP contribution in [0.25, 0.3) is 11.3 Å².